The molecule has 2 amide bonds. The normalized spacial score (nSPS) is 18.4. The number of hydrogen-bond acceptors (Lipinski definition) is 7. The Hall–Kier alpha value is -3.25. The third-order valence-electron chi connectivity index (χ3n) is 4.04. The summed E-state index contributed by atoms with van der Waals surface area (Å²) >= 11 is 1.39. The molecule has 2 aromatic rings. The number of anilines is 1. The maximum absolute atomic E-state index is 12.4. The molecule has 8 nitrogen and oxygen atoms in total. The van der Waals surface area contributed by atoms with Crippen molar-refractivity contribution in [3.8, 4) is 6.07 Å². The summed E-state index contributed by atoms with van der Waals surface area (Å²) in [5, 5.41) is 11.0. The molecule has 1 fully saturated rings. The van der Waals surface area contributed by atoms with Crippen LogP contribution < -0.4 is 5.32 Å². The lowest BCUT2D eigenvalue weighted by molar-refractivity contribution is -0.155. The number of esters is 1. The van der Waals surface area contributed by atoms with Crippen LogP contribution in [0.3, 0.4) is 0 Å². The van der Waals surface area contributed by atoms with E-state index in [1.807, 2.05) is 6.07 Å². The average Bonchev–Trinajstić information content (AvgIpc) is 3.35. The Morgan fingerprint density at radius 2 is 2.18 bits per heavy atom. The number of furan rings is 1. The highest BCUT2D eigenvalue weighted by Gasteiger charge is 2.43. The minimum atomic E-state index is -0.799. The summed E-state index contributed by atoms with van der Waals surface area (Å²) in [7, 11) is 0. The summed E-state index contributed by atoms with van der Waals surface area (Å²) in [6.45, 7) is 0.880. The number of benzene rings is 1. The number of amides is 2. The van der Waals surface area contributed by atoms with Crippen molar-refractivity contribution in [1.82, 2.24) is 4.90 Å². The molecule has 1 aliphatic rings. The van der Waals surface area contributed by atoms with Gasteiger partial charge in [0.15, 0.2) is 6.61 Å². The number of hydrogen-bond donors (Lipinski definition) is 1. The molecular weight excluding hydrogens is 382 g/mol. The Morgan fingerprint density at radius 3 is 2.86 bits per heavy atom. The summed E-state index contributed by atoms with van der Waals surface area (Å²) < 4.78 is 10.5. The van der Waals surface area contributed by atoms with Gasteiger partial charge in [-0.05, 0) is 30.3 Å². The SMILES string of the molecule is CC(=O)N1[C@@H](c2ccco2)SC[C@H]1C(=O)OCC(=O)Nc1cccc(C#N)c1. The molecule has 144 valence electrons. The van der Waals surface area contributed by atoms with Crippen LogP contribution in [0.4, 0.5) is 5.69 Å². The third kappa shape index (κ3) is 4.35. The van der Waals surface area contributed by atoms with Gasteiger partial charge in [0.2, 0.25) is 5.91 Å². The van der Waals surface area contributed by atoms with Gasteiger partial charge in [0, 0.05) is 18.4 Å². The fourth-order valence-corrected chi connectivity index (χ4v) is 4.24. The monoisotopic (exact) mass is 399 g/mol. The van der Waals surface area contributed by atoms with E-state index >= 15 is 0 Å². The van der Waals surface area contributed by atoms with Crippen LogP contribution in [0.2, 0.25) is 0 Å². The predicted molar refractivity (Wildman–Crippen MR) is 101 cm³/mol. The molecule has 0 unspecified atom stereocenters. The van der Waals surface area contributed by atoms with E-state index in [0.717, 1.165) is 0 Å². The zero-order chi connectivity index (χ0) is 20.1. The molecule has 1 aromatic carbocycles. The van der Waals surface area contributed by atoms with Crippen molar-refractivity contribution < 1.29 is 23.5 Å². The Balaban J connectivity index is 1.58. The summed E-state index contributed by atoms with van der Waals surface area (Å²) in [5.41, 5.74) is 0.832. The Labute approximate surface area is 165 Å². The summed E-state index contributed by atoms with van der Waals surface area (Å²) in [5.74, 6) is -0.559. The first-order chi connectivity index (χ1) is 13.5. The quantitative estimate of drug-likeness (QED) is 0.768. The molecule has 9 heteroatoms. The number of carbonyl (C=O) groups is 3. The van der Waals surface area contributed by atoms with E-state index < -0.39 is 29.9 Å². The lowest BCUT2D eigenvalue weighted by Gasteiger charge is -2.25. The van der Waals surface area contributed by atoms with Crippen LogP contribution in [0.15, 0.2) is 47.1 Å². The fourth-order valence-electron chi connectivity index (χ4n) is 2.82. The van der Waals surface area contributed by atoms with E-state index in [4.69, 9.17) is 14.4 Å². The van der Waals surface area contributed by atoms with Gasteiger partial charge in [0.05, 0.1) is 17.9 Å². The molecule has 2 heterocycles. The van der Waals surface area contributed by atoms with Gasteiger partial charge in [0.25, 0.3) is 5.91 Å². The van der Waals surface area contributed by atoms with Crippen LogP contribution in [0, 0.1) is 11.3 Å². The van der Waals surface area contributed by atoms with Crippen molar-refractivity contribution in [2.45, 2.75) is 18.3 Å². The molecule has 28 heavy (non-hydrogen) atoms. The molecule has 2 atom stereocenters. The van der Waals surface area contributed by atoms with Crippen molar-refractivity contribution in [2.75, 3.05) is 17.7 Å². The average molecular weight is 399 g/mol. The third-order valence-corrected chi connectivity index (χ3v) is 5.33. The highest BCUT2D eigenvalue weighted by molar-refractivity contribution is 7.99. The summed E-state index contributed by atoms with van der Waals surface area (Å²) in [4.78, 5) is 37.9. The highest BCUT2D eigenvalue weighted by Crippen LogP contribution is 2.41. The first kappa shape index (κ1) is 19.5. The van der Waals surface area contributed by atoms with Crippen LogP contribution >= 0.6 is 11.8 Å². The molecule has 0 radical (unpaired) electrons. The zero-order valence-electron chi connectivity index (χ0n) is 15.0. The second kappa shape index (κ2) is 8.63. The molecule has 1 aliphatic heterocycles. The molecular formula is C19H17N3O5S. The van der Waals surface area contributed by atoms with E-state index in [1.165, 1.54) is 35.9 Å². The van der Waals surface area contributed by atoms with Gasteiger partial charge in [0.1, 0.15) is 17.2 Å². The second-order valence-corrected chi connectivity index (χ2v) is 7.10. The summed E-state index contributed by atoms with van der Waals surface area (Å²) in [6, 6.07) is 11.0. The predicted octanol–water partition coefficient (Wildman–Crippen LogP) is 2.30. The van der Waals surface area contributed by atoms with Crippen molar-refractivity contribution >= 4 is 35.2 Å². The number of nitrogens with one attached hydrogen (secondary N) is 1. The van der Waals surface area contributed by atoms with Crippen molar-refractivity contribution in [3.63, 3.8) is 0 Å². The van der Waals surface area contributed by atoms with Gasteiger partial charge in [-0.15, -0.1) is 11.8 Å². The van der Waals surface area contributed by atoms with Crippen molar-refractivity contribution in [3.05, 3.63) is 54.0 Å². The minimum Gasteiger partial charge on any atom is -0.466 e. The minimum absolute atomic E-state index is 0.286. The maximum Gasteiger partial charge on any atom is 0.330 e. The largest absolute Gasteiger partial charge is 0.466 e. The lowest BCUT2D eigenvalue weighted by Crippen LogP contribution is -2.43. The van der Waals surface area contributed by atoms with E-state index in [1.54, 1.807) is 30.3 Å². The molecule has 3 rings (SSSR count). The topological polar surface area (TPSA) is 113 Å². The molecule has 0 aliphatic carbocycles. The number of ether oxygens (including phenoxy) is 1. The Morgan fingerprint density at radius 1 is 1.36 bits per heavy atom. The van der Waals surface area contributed by atoms with Crippen LogP contribution in [0.25, 0.3) is 0 Å². The molecule has 1 aromatic heterocycles. The van der Waals surface area contributed by atoms with E-state index in [9.17, 15) is 14.4 Å². The first-order valence-electron chi connectivity index (χ1n) is 8.40. The van der Waals surface area contributed by atoms with Crippen LogP contribution in [0.1, 0.15) is 23.6 Å². The number of nitrogens with zero attached hydrogens (tertiary/aromatic N) is 2. The zero-order valence-corrected chi connectivity index (χ0v) is 15.8. The number of rotatable bonds is 5. The van der Waals surface area contributed by atoms with Crippen molar-refractivity contribution in [1.29, 1.82) is 5.26 Å². The van der Waals surface area contributed by atoms with Gasteiger partial charge in [-0.1, -0.05) is 6.07 Å². The smallest absolute Gasteiger partial charge is 0.330 e. The van der Waals surface area contributed by atoms with Gasteiger partial charge in [-0.2, -0.15) is 5.26 Å². The van der Waals surface area contributed by atoms with Gasteiger partial charge >= 0.3 is 5.97 Å². The van der Waals surface area contributed by atoms with Crippen molar-refractivity contribution in [2.24, 2.45) is 0 Å². The molecule has 1 saturated heterocycles. The van der Waals surface area contributed by atoms with Crippen LogP contribution in [-0.4, -0.2) is 41.1 Å². The fraction of sp³-hybridized carbons (Fsp3) is 0.263. The molecule has 0 bridgehead atoms. The highest BCUT2D eigenvalue weighted by atomic mass is 32.2. The van der Waals surface area contributed by atoms with Crippen LogP contribution in [0.5, 0.6) is 0 Å². The number of nitriles is 1. The standard InChI is InChI=1S/C19H17N3O5S/c1-12(23)22-15(11-28-18(22)16-6-3-7-26-16)19(25)27-10-17(24)21-14-5-2-4-13(8-14)9-20/h2-8,15,18H,10-11H2,1H3,(H,21,24)/t15-,18+/m0/s1. The van der Waals surface area contributed by atoms with Gasteiger partial charge < -0.3 is 19.4 Å². The first-order valence-corrected chi connectivity index (χ1v) is 9.45. The van der Waals surface area contributed by atoms with E-state index in [0.29, 0.717) is 22.8 Å². The second-order valence-electron chi connectivity index (χ2n) is 5.99. The molecule has 1 N–H and O–H groups in total. The van der Waals surface area contributed by atoms with Crippen LogP contribution in [-0.2, 0) is 19.1 Å². The maximum atomic E-state index is 12.4. The Bertz CT molecular complexity index is 922. The van der Waals surface area contributed by atoms with Gasteiger partial charge in [-0.3, -0.25) is 9.59 Å². The summed E-state index contributed by atoms with van der Waals surface area (Å²) in [6.07, 6.45) is 1.51. The lowest BCUT2D eigenvalue weighted by atomic mass is 10.2. The van der Waals surface area contributed by atoms with E-state index in [2.05, 4.69) is 5.32 Å². The molecule has 0 spiro atoms. The Kier molecular flexibility index (Phi) is 6.01. The van der Waals surface area contributed by atoms with Gasteiger partial charge in [-0.25, -0.2) is 4.79 Å². The number of carbonyl (C=O) groups excluding carboxylic acids is 3. The van der Waals surface area contributed by atoms with E-state index in [-0.39, 0.29) is 5.91 Å². The number of thioether (sulfide) groups is 1. The molecule has 0 saturated carbocycles.